The maximum atomic E-state index is 12.7. The minimum atomic E-state index is -0.136. The molecule has 0 atom stereocenters. The summed E-state index contributed by atoms with van der Waals surface area (Å²) in [5.41, 5.74) is 1.39. The van der Waals surface area contributed by atoms with Crippen molar-refractivity contribution in [2.75, 3.05) is 13.1 Å². The lowest BCUT2D eigenvalue weighted by Gasteiger charge is -2.30. The van der Waals surface area contributed by atoms with E-state index in [1.54, 1.807) is 29.2 Å². The van der Waals surface area contributed by atoms with Gasteiger partial charge in [-0.15, -0.1) is 0 Å². The van der Waals surface area contributed by atoms with E-state index in [9.17, 15) is 9.59 Å². The Hall–Kier alpha value is -2.59. The molecule has 1 aliphatic heterocycles. The van der Waals surface area contributed by atoms with Gasteiger partial charge >= 0.3 is 0 Å². The van der Waals surface area contributed by atoms with Gasteiger partial charge in [-0.25, -0.2) is 0 Å². The summed E-state index contributed by atoms with van der Waals surface area (Å²) in [5, 5.41) is 1.42. The minimum absolute atomic E-state index is 0.0315. The summed E-state index contributed by atoms with van der Waals surface area (Å²) in [4.78, 5) is 27.0. The highest BCUT2D eigenvalue weighted by molar-refractivity contribution is 6.31. The highest BCUT2D eigenvalue weighted by Crippen LogP contribution is 2.26. The SMILES string of the molecule is O=C(c1ccccc1)C1CCN(C(=O)c2cc3cc(Cl)ccc3o2)CC1. The second-order valence-corrected chi connectivity index (χ2v) is 7.03. The largest absolute Gasteiger partial charge is 0.451 e. The molecule has 4 nitrogen and oxygen atoms in total. The van der Waals surface area contributed by atoms with Gasteiger partial charge in [0.1, 0.15) is 5.58 Å². The van der Waals surface area contributed by atoms with Gasteiger partial charge in [0.25, 0.3) is 5.91 Å². The number of piperidine rings is 1. The fraction of sp³-hybridized carbons (Fsp3) is 0.238. The maximum absolute atomic E-state index is 12.7. The summed E-state index contributed by atoms with van der Waals surface area (Å²) in [5.74, 6) is 0.310. The highest BCUT2D eigenvalue weighted by atomic mass is 35.5. The molecule has 0 saturated carbocycles. The van der Waals surface area contributed by atoms with Crippen LogP contribution in [0.3, 0.4) is 0 Å². The lowest BCUT2D eigenvalue weighted by atomic mass is 9.89. The van der Waals surface area contributed by atoms with Gasteiger partial charge in [-0.3, -0.25) is 9.59 Å². The molecule has 3 aromatic rings. The summed E-state index contributed by atoms with van der Waals surface area (Å²) in [7, 11) is 0. The molecule has 0 aliphatic carbocycles. The Morgan fingerprint density at radius 1 is 1.00 bits per heavy atom. The van der Waals surface area contributed by atoms with Gasteiger partial charge in [-0.1, -0.05) is 41.9 Å². The van der Waals surface area contributed by atoms with Crippen LogP contribution in [0.15, 0.2) is 59.0 Å². The molecule has 2 heterocycles. The number of carbonyl (C=O) groups excluding carboxylic acids is 2. The van der Waals surface area contributed by atoms with Crippen molar-refractivity contribution in [3.8, 4) is 0 Å². The van der Waals surface area contributed by atoms with E-state index in [4.69, 9.17) is 16.0 Å². The average molecular weight is 368 g/mol. The molecular formula is C21H18ClNO3. The van der Waals surface area contributed by atoms with Crippen molar-refractivity contribution < 1.29 is 14.0 Å². The van der Waals surface area contributed by atoms with Gasteiger partial charge in [0.2, 0.25) is 0 Å². The number of likely N-dealkylation sites (tertiary alicyclic amines) is 1. The summed E-state index contributed by atoms with van der Waals surface area (Å²) in [6, 6.07) is 16.4. The van der Waals surface area contributed by atoms with E-state index in [2.05, 4.69) is 0 Å². The Balaban J connectivity index is 1.43. The van der Waals surface area contributed by atoms with Gasteiger partial charge in [0, 0.05) is 35.0 Å². The van der Waals surface area contributed by atoms with E-state index in [1.807, 2.05) is 30.3 Å². The first-order valence-corrected chi connectivity index (χ1v) is 9.07. The fourth-order valence-corrected chi connectivity index (χ4v) is 3.64. The third kappa shape index (κ3) is 3.25. The summed E-state index contributed by atoms with van der Waals surface area (Å²) in [6.45, 7) is 1.11. The van der Waals surface area contributed by atoms with Gasteiger partial charge in [-0.05, 0) is 37.1 Å². The molecule has 0 bridgehead atoms. The van der Waals surface area contributed by atoms with Crippen LogP contribution < -0.4 is 0 Å². The quantitative estimate of drug-likeness (QED) is 0.623. The van der Waals surface area contributed by atoms with Gasteiger partial charge in [0.05, 0.1) is 0 Å². The molecule has 0 N–H and O–H groups in total. The number of hydrogen-bond acceptors (Lipinski definition) is 3. The van der Waals surface area contributed by atoms with Gasteiger partial charge in [0.15, 0.2) is 11.5 Å². The van der Waals surface area contributed by atoms with Gasteiger partial charge in [-0.2, -0.15) is 0 Å². The Labute approximate surface area is 156 Å². The van der Waals surface area contributed by atoms with Crippen LogP contribution in [0.25, 0.3) is 11.0 Å². The Bertz CT molecular complexity index is 956. The highest BCUT2D eigenvalue weighted by Gasteiger charge is 2.29. The van der Waals surface area contributed by atoms with Crippen LogP contribution in [-0.4, -0.2) is 29.7 Å². The third-order valence-electron chi connectivity index (χ3n) is 4.90. The first-order valence-electron chi connectivity index (χ1n) is 8.69. The number of Topliss-reactive ketones (excluding diaryl/α,β-unsaturated/α-hetero) is 1. The standard InChI is InChI=1S/C21H18ClNO3/c22-17-6-7-18-16(12-17)13-19(26-18)21(25)23-10-8-15(9-11-23)20(24)14-4-2-1-3-5-14/h1-7,12-13,15H,8-11H2. The molecule has 4 rings (SSSR count). The Morgan fingerprint density at radius 3 is 2.46 bits per heavy atom. The number of halogens is 1. The fourth-order valence-electron chi connectivity index (χ4n) is 3.46. The third-order valence-corrected chi connectivity index (χ3v) is 5.14. The number of fused-ring (bicyclic) bond motifs is 1. The summed E-state index contributed by atoms with van der Waals surface area (Å²) < 4.78 is 5.66. The topological polar surface area (TPSA) is 50.5 Å². The molecule has 5 heteroatoms. The average Bonchev–Trinajstić information content (AvgIpc) is 3.11. The van der Waals surface area contributed by atoms with Crippen LogP contribution in [0.5, 0.6) is 0 Å². The molecule has 2 aromatic carbocycles. The van der Waals surface area contributed by atoms with E-state index < -0.39 is 0 Å². The first-order chi connectivity index (χ1) is 12.6. The van der Waals surface area contributed by atoms with Crippen LogP contribution >= 0.6 is 11.6 Å². The predicted molar refractivity (Wildman–Crippen MR) is 101 cm³/mol. The second-order valence-electron chi connectivity index (χ2n) is 6.59. The van der Waals surface area contributed by atoms with E-state index in [0.717, 1.165) is 10.9 Å². The van der Waals surface area contributed by atoms with E-state index >= 15 is 0 Å². The van der Waals surface area contributed by atoms with Crippen LogP contribution in [0.2, 0.25) is 5.02 Å². The number of hydrogen-bond donors (Lipinski definition) is 0. The van der Waals surface area contributed by atoms with Crippen LogP contribution in [0, 0.1) is 5.92 Å². The molecular weight excluding hydrogens is 350 g/mol. The molecule has 1 aromatic heterocycles. The van der Waals surface area contributed by atoms with Crippen molar-refractivity contribution in [3.63, 3.8) is 0 Å². The van der Waals surface area contributed by atoms with Crippen LogP contribution in [0.4, 0.5) is 0 Å². The zero-order valence-electron chi connectivity index (χ0n) is 14.2. The predicted octanol–water partition coefficient (Wildman–Crippen LogP) is 4.82. The molecule has 1 amide bonds. The van der Waals surface area contributed by atoms with Crippen LogP contribution in [-0.2, 0) is 0 Å². The number of ketones is 1. The lowest BCUT2D eigenvalue weighted by Crippen LogP contribution is -2.40. The van der Waals surface area contributed by atoms with Gasteiger partial charge < -0.3 is 9.32 Å². The molecule has 132 valence electrons. The zero-order valence-corrected chi connectivity index (χ0v) is 14.9. The van der Waals surface area contributed by atoms with Crippen molar-refractivity contribution in [1.29, 1.82) is 0 Å². The molecule has 26 heavy (non-hydrogen) atoms. The number of nitrogens with zero attached hydrogens (tertiary/aromatic N) is 1. The monoisotopic (exact) mass is 367 g/mol. The number of rotatable bonds is 3. The summed E-state index contributed by atoms with van der Waals surface area (Å²) >= 11 is 5.98. The van der Waals surface area contributed by atoms with Crippen molar-refractivity contribution >= 4 is 34.3 Å². The summed E-state index contributed by atoms with van der Waals surface area (Å²) in [6.07, 6.45) is 1.34. The Morgan fingerprint density at radius 2 is 1.73 bits per heavy atom. The molecule has 0 spiro atoms. The van der Waals surface area contributed by atoms with E-state index in [0.29, 0.717) is 42.3 Å². The van der Waals surface area contributed by atoms with Crippen molar-refractivity contribution in [1.82, 2.24) is 4.90 Å². The van der Waals surface area contributed by atoms with Crippen LogP contribution in [0.1, 0.15) is 33.8 Å². The second kappa shape index (κ2) is 6.96. The van der Waals surface area contributed by atoms with E-state index in [-0.39, 0.29) is 17.6 Å². The van der Waals surface area contributed by atoms with Crippen molar-refractivity contribution in [2.45, 2.75) is 12.8 Å². The molecule has 1 aliphatic rings. The number of amides is 1. The number of benzene rings is 2. The molecule has 1 fully saturated rings. The zero-order chi connectivity index (χ0) is 18.1. The smallest absolute Gasteiger partial charge is 0.289 e. The maximum Gasteiger partial charge on any atom is 0.289 e. The molecule has 0 radical (unpaired) electrons. The number of furan rings is 1. The van der Waals surface area contributed by atoms with Crippen molar-refractivity contribution in [2.24, 2.45) is 5.92 Å². The Kier molecular flexibility index (Phi) is 4.51. The molecule has 0 unspecified atom stereocenters. The van der Waals surface area contributed by atoms with Crippen molar-refractivity contribution in [3.05, 3.63) is 70.9 Å². The minimum Gasteiger partial charge on any atom is -0.451 e. The molecule has 1 saturated heterocycles. The number of carbonyl (C=O) groups is 2. The lowest BCUT2D eigenvalue weighted by molar-refractivity contribution is 0.0626. The normalized spacial score (nSPS) is 15.3. The first kappa shape index (κ1) is 16.9. The van der Waals surface area contributed by atoms with E-state index in [1.165, 1.54) is 0 Å².